The van der Waals surface area contributed by atoms with Crippen LogP contribution in [0.25, 0.3) is 0 Å². The number of nitrogens with one attached hydrogen (secondary N) is 2. The second kappa shape index (κ2) is 5.72. The van der Waals surface area contributed by atoms with Gasteiger partial charge in [-0.1, -0.05) is 18.2 Å². The Morgan fingerprint density at radius 3 is 2.83 bits per heavy atom. The van der Waals surface area contributed by atoms with E-state index >= 15 is 0 Å². The lowest BCUT2D eigenvalue weighted by Crippen LogP contribution is -2.16. The molecule has 1 aromatic heterocycles. The first-order valence-electron chi connectivity index (χ1n) is 5.52. The molecular formula is C12H14N4O2. The molecule has 0 saturated heterocycles. The molecule has 4 N–H and O–H groups in total. The number of amides is 1. The quantitative estimate of drug-likeness (QED) is 0.743. The molecule has 0 aliphatic rings. The van der Waals surface area contributed by atoms with Crippen molar-refractivity contribution in [3.05, 3.63) is 36.5 Å². The van der Waals surface area contributed by atoms with Crippen molar-refractivity contribution in [1.82, 2.24) is 10.2 Å². The third kappa shape index (κ3) is 3.24. The van der Waals surface area contributed by atoms with Crippen molar-refractivity contribution < 1.29 is 9.53 Å². The zero-order chi connectivity index (χ0) is 12.8. The maximum atomic E-state index is 11.6. The van der Waals surface area contributed by atoms with E-state index in [4.69, 9.17) is 10.5 Å². The molecular weight excluding hydrogens is 232 g/mol. The van der Waals surface area contributed by atoms with Crippen LogP contribution >= 0.6 is 0 Å². The summed E-state index contributed by atoms with van der Waals surface area (Å²) in [5.74, 6) is 0.980. The van der Waals surface area contributed by atoms with E-state index in [-0.39, 0.29) is 12.3 Å². The largest absolute Gasteiger partial charge is 0.493 e. The number of benzene rings is 1. The molecule has 0 aliphatic carbocycles. The van der Waals surface area contributed by atoms with Gasteiger partial charge in [-0.15, -0.1) is 0 Å². The second-order valence-electron chi connectivity index (χ2n) is 3.66. The van der Waals surface area contributed by atoms with Gasteiger partial charge in [-0.3, -0.25) is 9.89 Å². The Hall–Kier alpha value is -2.50. The van der Waals surface area contributed by atoms with Crippen LogP contribution < -0.4 is 15.8 Å². The Morgan fingerprint density at radius 2 is 2.17 bits per heavy atom. The van der Waals surface area contributed by atoms with Crippen molar-refractivity contribution in [1.29, 1.82) is 0 Å². The SMILES string of the molecule is Nc1cn[nH]c1NC(=O)CCOc1ccccc1. The van der Waals surface area contributed by atoms with E-state index in [1.54, 1.807) is 0 Å². The van der Waals surface area contributed by atoms with Gasteiger partial charge in [0.1, 0.15) is 5.75 Å². The summed E-state index contributed by atoms with van der Waals surface area (Å²) in [6.45, 7) is 0.309. The molecule has 0 unspecified atom stereocenters. The smallest absolute Gasteiger partial charge is 0.228 e. The highest BCUT2D eigenvalue weighted by Crippen LogP contribution is 2.12. The molecule has 0 atom stereocenters. The first-order valence-corrected chi connectivity index (χ1v) is 5.52. The van der Waals surface area contributed by atoms with Crippen molar-refractivity contribution >= 4 is 17.4 Å². The third-order valence-electron chi connectivity index (χ3n) is 2.27. The highest BCUT2D eigenvalue weighted by Gasteiger charge is 2.06. The van der Waals surface area contributed by atoms with Gasteiger partial charge in [-0.2, -0.15) is 5.10 Å². The number of hydrogen-bond acceptors (Lipinski definition) is 4. The van der Waals surface area contributed by atoms with Crippen molar-refractivity contribution in [3.8, 4) is 5.75 Å². The number of ether oxygens (including phenoxy) is 1. The van der Waals surface area contributed by atoms with Gasteiger partial charge in [0.15, 0.2) is 5.82 Å². The van der Waals surface area contributed by atoms with Crippen LogP contribution in [-0.4, -0.2) is 22.7 Å². The lowest BCUT2D eigenvalue weighted by molar-refractivity contribution is -0.116. The van der Waals surface area contributed by atoms with Crippen LogP contribution in [0.2, 0.25) is 0 Å². The molecule has 0 fully saturated rings. The summed E-state index contributed by atoms with van der Waals surface area (Å²) in [5.41, 5.74) is 5.98. The molecule has 2 aromatic rings. The van der Waals surface area contributed by atoms with E-state index < -0.39 is 0 Å². The van der Waals surface area contributed by atoms with E-state index in [0.29, 0.717) is 18.1 Å². The number of aromatic amines is 1. The molecule has 1 aromatic carbocycles. The normalized spacial score (nSPS) is 10.0. The zero-order valence-corrected chi connectivity index (χ0v) is 9.72. The summed E-state index contributed by atoms with van der Waals surface area (Å²) in [6, 6.07) is 9.33. The lowest BCUT2D eigenvalue weighted by atomic mass is 10.3. The molecule has 0 spiro atoms. The van der Waals surface area contributed by atoms with Crippen LogP contribution in [0.4, 0.5) is 11.5 Å². The number of H-pyrrole nitrogens is 1. The summed E-state index contributed by atoms with van der Waals surface area (Å²) in [7, 11) is 0. The minimum atomic E-state index is -0.179. The summed E-state index contributed by atoms with van der Waals surface area (Å²) < 4.78 is 5.41. The Balaban J connectivity index is 1.74. The first-order chi connectivity index (χ1) is 8.75. The highest BCUT2D eigenvalue weighted by molar-refractivity contribution is 5.92. The molecule has 1 heterocycles. The number of nitrogens with two attached hydrogens (primary N) is 1. The lowest BCUT2D eigenvalue weighted by Gasteiger charge is -2.06. The van der Waals surface area contributed by atoms with Gasteiger partial charge in [0.25, 0.3) is 0 Å². The summed E-state index contributed by atoms with van der Waals surface area (Å²) in [4.78, 5) is 11.6. The van der Waals surface area contributed by atoms with Gasteiger partial charge in [0, 0.05) is 0 Å². The number of para-hydroxylation sites is 1. The number of nitrogens with zero attached hydrogens (tertiary/aromatic N) is 1. The molecule has 0 saturated carbocycles. The first kappa shape index (κ1) is 12.0. The molecule has 1 amide bonds. The molecule has 0 aliphatic heterocycles. The molecule has 6 nitrogen and oxygen atoms in total. The number of carbonyl (C=O) groups excluding carboxylic acids is 1. The third-order valence-corrected chi connectivity index (χ3v) is 2.27. The molecule has 94 valence electrons. The van der Waals surface area contributed by atoms with E-state index in [9.17, 15) is 4.79 Å². The predicted molar refractivity (Wildman–Crippen MR) is 68.2 cm³/mol. The van der Waals surface area contributed by atoms with Crippen LogP contribution in [0.1, 0.15) is 6.42 Å². The topological polar surface area (TPSA) is 93.0 Å². The predicted octanol–water partition coefficient (Wildman–Crippen LogP) is 1.40. The minimum Gasteiger partial charge on any atom is -0.493 e. The maximum absolute atomic E-state index is 11.6. The fourth-order valence-electron chi connectivity index (χ4n) is 1.38. The molecule has 0 radical (unpaired) electrons. The van der Waals surface area contributed by atoms with Crippen LogP contribution in [0.3, 0.4) is 0 Å². The molecule has 2 rings (SSSR count). The van der Waals surface area contributed by atoms with E-state index in [2.05, 4.69) is 15.5 Å². The Kier molecular flexibility index (Phi) is 3.80. The van der Waals surface area contributed by atoms with Gasteiger partial charge in [-0.05, 0) is 12.1 Å². The highest BCUT2D eigenvalue weighted by atomic mass is 16.5. The number of aromatic nitrogens is 2. The summed E-state index contributed by atoms with van der Waals surface area (Å²) >= 11 is 0. The fraction of sp³-hybridized carbons (Fsp3) is 0.167. The molecule has 0 bridgehead atoms. The van der Waals surface area contributed by atoms with Crippen LogP contribution in [-0.2, 0) is 4.79 Å². The average molecular weight is 246 g/mol. The van der Waals surface area contributed by atoms with Crippen LogP contribution in [0, 0.1) is 0 Å². The number of hydrogen-bond donors (Lipinski definition) is 3. The van der Waals surface area contributed by atoms with Gasteiger partial charge in [0.05, 0.1) is 24.9 Å². The summed E-state index contributed by atoms with van der Waals surface area (Å²) in [6.07, 6.45) is 1.68. The minimum absolute atomic E-state index is 0.179. The van der Waals surface area contributed by atoms with Crippen molar-refractivity contribution in [3.63, 3.8) is 0 Å². The van der Waals surface area contributed by atoms with E-state index in [1.165, 1.54) is 6.20 Å². The Bertz CT molecular complexity index is 510. The number of carbonyl (C=O) groups is 1. The van der Waals surface area contributed by atoms with Crippen molar-refractivity contribution in [2.45, 2.75) is 6.42 Å². The second-order valence-corrected chi connectivity index (χ2v) is 3.66. The van der Waals surface area contributed by atoms with Crippen LogP contribution in [0.5, 0.6) is 5.75 Å². The van der Waals surface area contributed by atoms with Gasteiger partial charge in [0.2, 0.25) is 5.91 Å². The standard InChI is InChI=1S/C12H14N4O2/c13-10-8-14-16-12(10)15-11(17)6-7-18-9-4-2-1-3-5-9/h1-5,8H,6-7,13H2,(H2,14,15,16,17). The Labute approximate surface area is 104 Å². The molecule has 18 heavy (non-hydrogen) atoms. The average Bonchev–Trinajstić information content (AvgIpc) is 2.76. The van der Waals surface area contributed by atoms with Gasteiger partial charge < -0.3 is 15.8 Å². The van der Waals surface area contributed by atoms with Gasteiger partial charge in [-0.25, -0.2) is 0 Å². The van der Waals surface area contributed by atoms with E-state index in [1.807, 2.05) is 30.3 Å². The summed E-state index contributed by atoms with van der Waals surface area (Å²) in [5, 5.41) is 8.92. The zero-order valence-electron chi connectivity index (χ0n) is 9.72. The van der Waals surface area contributed by atoms with E-state index in [0.717, 1.165) is 5.75 Å². The number of rotatable bonds is 5. The monoisotopic (exact) mass is 246 g/mol. The Morgan fingerprint density at radius 1 is 1.39 bits per heavy atom. The van der Waals surface area contributed by atoms with Crippen molar-refractivity contribution in [2.24, 2.45) is 0 Å². The van der Waals surface area contributed by atoms with Crippen LogP contribution in [0.15, 0.2) is 36.5 Å². The fourth-order valence-corrected chi connectivity index (χ4v) is 1.38. The van der Waals surface area contributed by atoms with Gasteiger partial charge >= 0.3 is 0 Å². The van der Waals surface area contributed by atoms with Crippen molar-refractivity contribution in [2.75, 3.05) is 17.7 Å². The number of nitrogen functional groups attached to an aromatic ring is 1. The molecule has 6 heteroatoms. The number of anilines is 2. The maximum Gasteiger partial charge on any atom is 0.228 e.